The normalized spacial score (nSPS) is 16.4. The van der Waals surface area contributed by atoms with Gasteiger partial charge in [0.05, 0.1) is 17.7 Å². The second-order valence-electron chi connectivity index (χ2n) is 12.7. The summed E-state index contributed by atoms with van der Waals surface area (Å²) in [5.74, 6) is -0.263. The number of carbonyl (C=O) groups is 1. The van der Waals surface area contributed by atoms with Gasteiger partial charge in [-0.05, 0) is 76.6 Å². The Kier molecular flexibility index (Phi) is 12.3. The monoisotopic (exact) mass is 764 g/mol. The minimum Gasteiger partial charge on any atom is -0.488 e. The van der Waals surface area contributed by atoms with Gasteiger partial charge >= 0.3 is 5.97 Å². The Hall–Kier alpha value is -3.71. The number of aliphatic carboxylic acids is 1. The van der Waals surface area contributed by atoms with E-state index in [-0.39, 0.29) is 25.9 Å². The first-order valence-corrected chi connectivity index (χ1v) is 18.1. The van der Waals surface area contributed by atoms with Crippen LogP contribution in [-0.2, 0) is 31.0 Å². The summed E-state index contributed by atoms with van der Waals surface area (Å²) in [6.07, 6.45) is 6.13. The Labute approximate surface area is 305 Å². The van der Waals surface area contributed by atoms with Gasteiger partial charge in [-0.25, -0.2) is 0 Å². The standard InChI is InChI=1S/C38H42BrClN4O6/c39-37-26(6-1-8-31(37)29-7-2-9-34-30(29)11-16-44(34)14-4-13-43-15-10-28(46)21-43)24-50-36-18-35(49-23-25-5-3-12-41-19-25)27(17-32(36)40)20-42-33(22-45)38(47)48/h1-3,5-9,12,17-19,28,33,42,45-46H,4,10-11,13-16,20-24H2,(H,47,48). The molecule has 0 amide bonds. The van der Waals surface area contributed by atoms with Gasteiger partial charge in [0.2, 0.25) is 0 Å². The van der Waals surface area contributed by atoms with Gasteiger partial charge < -0.3 is 34.6 Å². The number of benzene rings is 3. The van der Waals surface area contributed by atoms with Crippen molar-refractivity contribution in [1.29, 1.82) is 0 Å². The number of fused-ring (bicyclic) bond motifs is 1. The molecule has 6 rings (SSSR count). The van der Waals surface area contributed by atoms with Crippen LogP contribution in [0, 0.1) is 0 Å². The zero-order chi connectivity index (χ0) is 35.0. The molecule has 0 aliphatic carbocycles. The third-order valence-corrected chi connectivity index (χ3v) is 10.5. The molecular formula is C38H42BrClN4O6. The predicted octanol–water partition coefficient (Wildman–Crippen LogP) is 5.68. The Morgan fingerprint density at radius 3 is 2.60 bits per heavy atom. The molecule has 0 spiro atoms. The molecule has 0 radical (unpaired) electrons. The predicted molar refractivity (Wildman–Crippen MR) is 197 cm³/mol. The summed E-state index contributed by atoms with van der Waals surface area (Å²) in [6, 6.07) is 18.7. The van der Waals surface area contributed by atoms with E-state index in [9.17, 15) is 20.1 Å². The number of nitrogens with one attached hydrogen (secondary N) is 1. The lowest BCUT2D eigenvalue weighted by Crippen LogP contribution is -2.39. The van der Waals surface area contributed by atoms with Crippen LogP contribution in [0.4, 0.5) is 5.69 Å². The maximum atomic E-state index is 11.5. The van der Waals surface area contributed by atoms with Gasteiger partial charge in [0.1, 0.15) is 30.8 Å². The molecule has 2 aliphatic rings. The third kappa shape index (κ3) is 8.77. The Morgan fingerprint density at radius 2 is 1.84 bits per heavy atom. The van der Waals surface area contributed by atoms with E-state index in [0.29, 0.717) is 22.1 Å². The number of pyridine rings is 1. The zero-order valence-corrected chi connectivity index (χ0v) is 30.1. The Bertz CT molecular complexity index is 1780. The molecular weight excluding hydrogens is 724 g/mol. The van der Waals surface area contributed by atoms with E-state index in [1.54, 1.807) is 24.5 Å². The summed E-state index contributed by atoms with van der Waals surface area (Å²) < 4.78 is 13.4. The van der Waals surface area contributed by atoms with Gasteiger partial charge in [-0.15, -0.1) is 0 Å². The number of aliphatic hydroxyl groups excluding tert-OH is 2. The molecule has 3 aromatic carbocycles. The number of hydrogen-bond acceptors (Lipinski definition) is 9. The molecule has 1 fully saturated rings. The van der Waals surface area contributed by atoms with E-state index in [1.807, 2.05) is 24.3 Å². The average molecular weight is 766 g/mol. The van der Waals surface area contributed by atoms with E-state index >= 15 is 0 Å². The van der Waals surface area contributed by atoms with Gasteiger partial charge in [-0.2, -0.15) is 0 Å². The summed E-state index contributed by atoms with van der Waals surface area (Å²) in [5, 5.41) is 31.9. The fourth-order valence-electron chi connectivity index (χ4n) is 6.61. The highest BCUT2D eigenvalue weighted by Crippen LogP contribution is 2.41. The SMILES string of the molecule is O=C(O)C(CO)NCc1cc(Cl)c(OCc2cccc(-c3cccc4c3CCN4CCCN3CCC(O)C3)c2Br)cc1OCc1cccnc1. The minimum atomic E-state index is -1.16. The Balaban J connectivity index is 1.17. The van der Waals surface area contributed by atoms with E-state index in [1.165, 1.54) is 16.8 Å². The average Bonchev–Trinajstić information content (AvgIpc) is 3.74. The first kappa shape index (κ1) is 36.1. The number of aliphatic hydroxyl groups is 2. The molecule has 1 aromatic heterocycles. The number of hydrogen-bond donors (Lipinski definition) is 4. The van der Waals surface area contributed by atoms with Gasteiger partial charge in [-0.1, -0.05) is 48.0 Å². The number of anilines is 1. The van der Waals surface area contributed by atoms with Crippen LogP contribution in [0.3, 0.4) is 0 Å². The molecule has 10 nitrogen and oxygen atoms in total. The fourth-order valence-corrected chi connectivity index (χ4v) is 7.44. The van der Waals surface area contributed by atoms with E-state index in [0.717, 1.165) is 73.1 Å². The number of likely N-dealkylation sites (tertiary alicyclic amines) is 1. The van der Waals surface area contributed by atoms with Crippen molar-refractivity contribution >= 4 is 39.2 Å². The fraction of sp³-hybridized carbons (Fsp3) is 0.368. The number of aromatic nitrogens is 1. The number of carboxylic acids is 1. The molecule has 3 heterocycles. The highest BCUT2D eigenvalue weighted by atomic mass is 79.9. The lowest BCUT2D eigenvalue weighted by Gasteiger charge is -2.22. The van der Waals surface area contributed by atoms with Crippen LogP contribution in [0.1, 0.15) is 35.1 Å². The van der Waals surface area contributed by atoms with Crippen molar-refractivity contribution in [2.75, 3.05) is 44.2 Å². The van der Waals surface area contributed by atoms with Crippen LogP contribution in [0.25, 0.3) is 11.1 Å². The van der Waals surface area contributed by atoms with E-state index in [4.69, 9.17) is 21.1 Å². The van der Waals surface area contributed by atoms with Gasteiger partial charge in [0, 0.05) is 78.0 Å². The van der Waals surface area contributed by atoms with Gasteiger partial charge in [0.25, 0.3) is 0 Å². The molecule has 12 heteroatoms. The van der Waals surface area contributed by atoms with Crippen molar-refractivity contribution < 1.29 is 29.6 Å². The maximum Gasteiger partial charge on any atom is 0.323 e. The first-order valence-electron chi connectivity index (χ1n) is 16.9. The van der Waals surface area contributed by atoms with Crippen molar-refractivity contribution in [3.05, 3.63) is 105 Å². The summed E-state index contributed by atoms with van der Waals surface area (Å²) in [5.41, 5.74) is 7.36. The lowest BCUT2D eigenvalue weighted by molar-refractivity contribution is -0.140. The number of ether oxygens (including phenoxy) is 2. The molecule has 264 valence electrons. The summed E-state index contributed by atoms with van der Waals surface area (Å²) >= 11 is 10.6. The van der Waals surface area contributed by atoms with Crippen molar-refractivity contribution in [2.45, 2.75) is 51.2 Å². The number of carboxylic acid groups (broad SMARTS) is 1. The molecule has 2 aliphatic heterocycles. The smallest absolute Gasteiger partial charge is 0.323 e. The highest BCUT2D eigenvalue weighted by Gasteiger charge is 2.25. The topological polar surface area (TPSA) is 128 Å². The Morgan fingerprint density at radius 1 is 1.02 bits per heavy atom. The quantitative estimate of drug-likeness (QED) is 0.113. The van der Waals surface area contributed by atoms with Crippen LogP contribution in [0.2, 0.25) is 5.02 Å². The van der Waals surface area contributed by atoms with E-state index in [2.05, 4.69) is 60.3 Å². The lowest BCUT2D eigenvalue weighted by atomic mass is 9.96. The van der Waals surface area contributed by atoms with Gasteiger partial charge in [0.15, 0.2) is 0 Å². The molecule has 50 heavy (non-hydrogen) atoms. The third-order valence-electron chi connectivity index (χ3n) is 9.28. The maximum absolute atomic E-state index is 11.5. The van der Waals surface area contributed by atoms with Crippen LogP contribution < -0.4 is 19.7 Å². The van der Waals surface area contributed by atoms with Crippen LogP contribution in [0.15, 0.2) is 77.5 Å². The second-order valence-corrected chi connectivity index (χ2v) is 13.9. The molecule has 4 N–H and O–H groups in total. The first-order chi connectivity index (χ1) is 24.3. The minimum absolute atomic E-state index is 0.106. The number of nitrogens with zero attached hydrogens (tertiary/aromatic N) is 3. The highest BCUT2D eigenvalue weighted by molar-refractivity contribution is 9.10. The summed E-state index contributed by atoms with van der Waals surface area (Å²) in [4.78, 5) is 20.4. The number of halogens is 2. The molecule has 0 bridgehead atoms. The summed E-state index contributed by atoms with van der Waals surface area (Å²) in [6.45, 7) is 4.77. The van der Waals surface area contributed by atoms with Crippen molar-refractivity contribution in [3.63, 3.8) is 0 Å². The van der Waals surface area contributed by atoms with Crippen LogP contribution >= 0.6 is 27.5 Å². The van der Waals surface area contributed by atoms with Crippen LogP contribution in [-0.4, -0.2) is 82.6 Å². The van der Waals surface area contributed by atoms with Crippen molar-refractivity contribution in [3.8, 4) is 22.6 Å². The molecule has 1 saturated heterocycles. The molecule has 2 atom stereocenters. The van der Waals surface area contributed by atoms with Crippen molar-refractivity contribution in [2.24, 2.45) is 0 Å². The number of β-amino-alcohol motifs (C(OH)–C–C–N with tert-alkyl or cyclic N) is 1. The molecule has 4 aromatic rings. The largest absolute Gasteiger partial charge is 0.488 e. The number of rotatable bonds is 16. The van der Waals surface area contributed by atoms with Crippen molar-refractivity contribution in [1.82, 2.24) is 15.2 Å². The molecule has 0 saturated carbocycles. The van der Waals surface area contributed by atoms with E-state index < -0.39 is 18.6 Å². The van der Waals surface area contributed by atoms with Gasteiger partial charge in [-0.3, -0.25) is 15.1 Å². The zero-order valence-electron chi connectivity index (χ0n) is 27.7. The van der Waals surface area contributed by atoms with Crippen LogP contribution in [0.5, 0.6) is 11.5 Å². The molecule has 2 unspecified atom stereocenters. The summed E-state index contributed by atoms with van der Waals surface area (Å²) in [7, 11) is 0. The second kappa shape index (κ2) is 17.0.